The van der Waals surface area contributed by atoms with Crippen molar-refractivity contribution >= 4 is 49.6 Å². The highest BCUT2D eigenvalue weighted by molar-refractivity contribution is 6.09. The lowest BCUT2D eigenvalue weighted by Gasteiger charge is -2.29. The second kappa shape index (κ2) is 15.1. The monoisotopic (exact) mass is 764 g/mol. The van der Waals surface area contributed by atoms with E-state index in [9.17, 15) is 0 Å². The van der Waals surface area contributed by atoms with Crippen LogP contribution in [0.5, 0.6) is 0 Å². The van der Waals surface area contributed by atoms with Crippen LogP contribution in [0.25, 0.3) is 82.8 Å². The number of hydrogen-bond donors (Lipinski definition) is 0. The Morgan fingerprint density at radius 2 is 0.833 bits per heavy atom. The molecule has 0 aliphatic rings. The first-order valence-electron chi connectivity index (χ1n) is 20.6. The fourth-order valence-electron chi connectivity index (χ4n) is 8.93. The van der Waals surface area contributed by atoms with Crippen LogP contribution < -0.4 is 4.90 Å². The summed E-state index contributed by atoms with van der Waals surface area (Å²) in [6, 6.07) is 87.9. The summed E-state index contributed by atoms with van der Waals surface area (Å²) >= 11 is 0. The predicted molar refractivity (Wildman–Crippen MR) is 255 cm³/mol. The maximum atomic E-state index is 2.42. The lowest BCUT2D eigenvalue weighted by atomic mass is 9.93. The lowest BCUT2D eigenvalue weighted by Crippen LogP contribution is -2.12. The van der Waals surface area contributed by atoms with Crippen LogP contribution in [0.15, 0.2) is 243 Å². The quantitative estimate of drug-likeness (QED) is 0.150. The zero-order valence-corrected chi connectivity index (χ0v) is 33.0. The fourth-order valence-corrected chi connectivity index (χ4v) is 8.93. The van der Waals surface area contributed by atoms with E-state index in [2.05, 4.69) is 252 Å². The number of rotatable bonds is 8. The van der Waals surface area contributed by atoms with Gasteiger partial charge in [0.25, 0.3) is 0 Å². The van der Waals surface area contributed by atoms with Crippen molar-refractivity contribution in [3.63, 3.8) is 0 Å². The summed E-state index contributed by atoms with van der Waals surface area (Å²) in [4.78, 5) is 2.42. The Morgan fingerprint density at radius 1 is 0.283 bits per heavy atom. The maximum absolute atomic E-state index is 2.42. The Kier molecular flexibility index (Phi) is 8.87. The van der Waals surface area contributed by atoms with Crippen molar-refractivity contribution in [3.8, 4) is 50.2 Å². The van der Waals surface area contributed by atoms with Gasteiger partial charge in [-0.15, -0.1) is 0 Å². The van der Waals surface area contributed by atoms with Crippen molar-refractivity contribution in [1.82, 2.24) is 4.57 Å². The summed E-state index contributed by atoms with van der Waals surface area (Å²) in [7, 11) is 0. The number of para-hydroxylation sites is 3. The Labute approximate surface area is 350 Å². The van der Waals surface area contributed by atoms with Gasteiger partial charge in [0.05, 0.1) is 16.7 Å². The van der Waals surface area contributed by atoms with E-state index in [0.717, 1.165) is 28.3 Å². The minimum Gasteiger partial charge on any atom is -0.310 e. The predicted octanol–water partition coefficient (Wildman–Crippen LogP) is 16.1. The number of fused-ring (bicyclic) bond motifs is 4. The largest absolute Gasteiger partial charge is 0.310 e. The molecule has 0 bridgehead atoms. The van der Waals surface area contributed by atoms with Gasteiger partial charge < -0.3 is 9.47 Å². The van der Waals surface area contributed by atoms with Gasteiger partial charge in [0.1, 0.15) is 0 Å². The highest BCUT2D eigenvalue weighted by Gasteiger charge is 2.21. The number of aromatic nitrogens is 1. The van der Waals surface area contributed by atoms with Crippen molar-refractivity contribution in [2.75, 3.05) is 4.90 Å². The van der Waals surface area contributed by atoms with Crippen molar-refractivity contribution in [2.24, 2.45) is 0 Å². The van der Waals surface area contributed by atoms with Gasteiger partial charge in [0.15, 0.2) is 0 Å². The van der Waals surface area contributed by atoms with Crippen LogP contribution in [0.2, 0.25) is 0 Å². The molecule has 0 N–H and O–H groups in total. The lowest BCUT2D eigenvalue weighted by molar-refractivity contribution is 1.17. The highest BCUT2D eigenvalue weighted by Crippen LogP contribution is 2.45. The first-order chi connectivity index (χ1) is 29.8. The topological polar surface area (TPSA) is 8.17 Å². The molecule has 0 atom stereocenters. The summed E-state index contributed by atoms with van der Waals surface area (Å²) in [5, 5.41) is 5.00. The third-order valence-electron chi connectivity index (χ3n) is 11.8. The molecule has 2 heteroatoms. The molecule has 11 rings (SSSR count). The first-order valence-corrected chi connectivity index (χ1v) is 20.6. The molecular weight excluding hydrogens is 725 g/mol. The molecule has 1 aromatic heterocycles. The third kappa shape index (κ3) is 6.32. The van der Waals surface area contributed by atoms with Gasteiger partial charge in [-0.1, -0.05) is 182 Å². The van der Waals surface area contributed by atoms with Gasteiger partial charge in [-0.25, -0.2) is 0 Å². The summed E-state index contributed by atoms with van der Waals surface area (Å²) in [6.07, 6.45) is 0. The van der Waals surface area contributed by atoms with Crippen LogP contribution in [0.1, 0.15) is 0 Å². The van der Waals surface area contributed by atoms with Gasteiger partial charge in [-0.2, -0.15) is 0 Å². The van der Waals surface area contributed by atoms with Crippen LogP contribution in [-0.2, 0) is 0 Å². The molecule has 0 aliphatic carbocycles. The second-order valence-corrected chi connectivity index (χ2v) is 15.3. The molecule has 60 heavy (non-hydrogen) atoms. The minimum atomic E-state index is 1.07. The standard InChI is InChI=1S/C58H40N2/c1-2-17-43(18-3-1)51-24-6-7-25-52(51)53-26-8-11-29-56(53)59(49-22-15-23-50(40-49)60-57-30-12-9-27-54(57)55-28-10-13-31-58(55)60)48-36-34-42(35-37-48)45-20-14-21-46(38-45)47-33-32-41-16-4-5-19-44(41)39-47/h1-40H. The Morgan fingerprint density at radius 3 is 1.60 bits per heavy atom. The molecule has 1 heterocycles. The fraction of sp³-hybridized carbons (Fsp3) is 0. The summed E-state index contributed by atoms with van der Waals surface area (Å²) < 4.78 is 2.40. The van der Waals surface area contributed by atoms with E-state index >= 15 is 0 Å². The number of benzene rings is 10. The maximum Gasteiger partial charge on any atom is 0.0541 e. The van der Waals surface area contributed by atoms with E-state index in [-0.39, 0.29) is 0 Å². The van der Waals surface area contributed by atoms with Gasteiger partial charge in [-0.05, 0) is 110 Å². The van der Waals surface area contributed by atoms with Crippen molar-refractivity contribution in [2.45, 2.75) is 0 Å². The summed E-state index contributed by atoms with van der Waals surface area (Å²) in [5.74, 6) is 0. The Bertz CT molecular complexity index is 3270. The van der Waals surface area contributed by atoms with Gasteiger partial charge >= 0.3 is 0 Å². The zero-order valence-electron chi connectivity index (χ0n) is 33.0. The Balaban J connectivity index is 1.06. The van der Waals surface area contributed by atoms with Crippen molar-refractivity contribution in [3.05, 3.63) is 243 Å². The molecule has 0 radical (unpaired) electrons. The van der Waals surface area contributed by atoms with E-state index in [1.54, 1.807) is 0 Å². The van der Waals surface area contributed by atoms with E-state index in [1.807, 2.05) is 0 Å². The Hall–Kier alpha value is -7.94. The van der Waals surface area contributed by atoms with Crippen molar-refractivity contribution in [1.29, 1.82) is 0 Å². The van der Waals surface area contributed by atoms with E-state index in [4.69, 9.17) is 0 Å². The first kappa shape index (κ1) is 35.2. The number of nitrogens with zero attached hydrogens (tertiary/aromatic N) is 2. The van der Waals surface area contributed by atoms with Crippen LogP contribution in [-0.4, -0.2) is 4.57 Å². The average Bonchev–Trinajstić information content (AvgIpc) is 3.67. The smallest absolute Gasteiger partial charge is 0.0541 e. The van der Waals surface area contributed by atoms with Gasteiger partial charge in [0, 0.05) is 33.4 Å². The van der Waals surface area contributed by atoms with E-state index in [0.29, 0.717) is 0 Å². The third-order valence-corrected chi connectivity index (χ3v) is 11.8. The van der Waals surface area contributed by atoms with Crippen LogP contribution in [0.4, 0.5) is 17.1 Å². The highest BCUT2D eigenvalue weighted by atomic mass is 15.1. The molecular formula is C58H40N2. The second-order valence-electron chi connectivity index (χ2n) is 15.3. The van der Waals surface area contributed by atoms with E-state index in [1.165, 1.54) is 71.5 Å². The van der Waals surface area contributed by atoms with Crippen LogP contribution in [0, 0.1) is 0 Å². The van der Waals surface area contributed by atoms with E-state index < -0.39 is 0 Å². The molecule has 0 unspecified atom stereocenters. The SMILES string of the molecule is c1ccc(-c2ccccc2-c2ccccc2N(c2ccc(-c3cccc(-c4ccc5ccccc5c4)c3)cc2)c2cccc(-n3c4ccccc4c4ccccc43)c2)cc1. The normalized spacial score (nSPS) is 11.3. The van der Waals surface area contributed by atoms with Gasteiger partial charge in [-0.3, -0.25) is 0 Å². The molecule has 0 spiro atoms. The minimum absolute atomic E-state index is 1.07. The molecule has 0 saturated carbocycles. The molecule has 11 aromatic rings. The molecule has 0 amide bonds. The molecule has 2 nitrogen and oxygen atoms in total. The van der Waals surface area contributed by atoms with Crippen LogP contribution in [0.3, 0.4) is 0 Å². The summed E-state index contributed by atoms with van der Waals surface area (Å²) in [6.45, 7) is 0. The zero-order chi connectivity index (χ0) is 39.8. The van der Waals surface area contributed by atoms with Crippen molar-refractivity contribution < 1.29 is 0 Å². The number of hydrogen-bond acceptors (Lipinski definition) is 1. The number of anilines is 3. The van der Waals surface area contributed by atoms with Gasteiger partial charge in [0.2, 0.25) is 0 Å². The molecule has 0 saturated heterocycles. The average molecular weight is 765 g/mol. The van der Waals surface area contributed by atoms with Crippen LogP contribution >= 0.6 is 0 Å². The molecule has 282 valence electrons. The molecule has 0 aliphatic heterocycles. The summed E-state index contributed by atoms with van der Waals surface area (Å²) in [5.41, 5.74) is 16.3. The molecule has 10 aromatic carbocycles. The molecule has 0 fully saturated rings.